The Bertz CT molecular complexity index is 993. The Morgan fingerprint density at radius 3 is 2.84 bits per heavy atom. The Morgan fingerprint density at radius 1 is 1.24 bits per heavy atom. The van der Waals surface area contributed by atoms with Gasteiger partial charge in [-0.2, -0.15) is 18.9 Å². The molecule has 4 aromatic rings. The highest BCUT2D eigenvalue weighted by Gasteiger charge is 2.26. The van der Waals surface area contributed by atoms with Crippen LogP contribution in [0.2, 0.25) is 0 Å². The monoisotopic (exact) mass is 345 g/mol. The van der Waals surface area contributed by atoms with E-state index in [1.54, 1.807) is 31.2 Å². The van der Waals surface area contributed by atoms with E-state index < -0.39 is 12.5 Å². The van der Waals surface area contributed by atoms with Crippen molar-refractivity contribution >= 4 is 11.0 Å². The lowest BCUT2D eigenvalue weighted by Crippen LogP contribution is -2.10. The van der Waals surface area contributed by atoms with Crippen LogP contribution < -0.4 is 0 Å². The van der Waals surface area contributed by atoms with E-state index in [1.165, 1.54) is 6.33 Å². The van der Waals surface area contributed by atoms with Gasteiger partial charge in [0.05, 0.1) is 23.4 Å². The molecule has 10 heteroatoms. The van der Waals surface area contributed by atoms with Crippen molar-refractivity contribution < 1.29 is 13.3 Å². The molecule has 1 atom stereocenters. The molecule has 0 saturated heterocycles. The highest BCUT2D eigenvalue weighted by atomic mass is 19.3. The first kappa shape index (κ1) is 15.4. The Kier molecular flexibility index (Phi) is 3.71. The van der Waals surface area contributed by atoms with Gasteiger partial charge in [0, 0.05) is 0 Å². The molecule has 0 aliphatic rings. The number of halogens is 2. The fourth-order valence-corrected chi connectivity index (χ4v) is 2.66. The molecule has 4 rings (SSSR count). The number of rotatable bonds is 5. The van der Waals surface area contributed by atoms with E-state index in [0.29, 0.717) is 22.7 Å². The number of nitrogens with one attached hydrogen (secondary N) is 1. The van der Waals surface area contributed by atoms with Crippen LogP contribution in [-0.4, -0.2) is 34.9 Å². The average Bonchev–Trinajstić information content (AvgIpc) is 3.33. The van der Waals surface area contributed by atoms with E-state index in [0.717, 1.165) is 4.57 Å². The van der Waals surface area contributed by atoms with Crippen molar-refractivity contribution in [2.24, 2.45) is 0 Å². The molecule has 0 saturated carbocycles. The van der Waals surface area contributed by atoms with Crippen molar-refractivity contribution in [2.75, 3.05) is 0 Å². The van der Waals surface area contributed by atoms with Gasteiger partial charge in [-0.25, -0.2) is 9.97 Å². The molecule has 0 fully saturated rings. The molecule has 3 aromatic heterocycles. The van der Waals surface area contributed by atoms with E-state index in [1.807, 2.05) is 0 Å². The minimum atomic E-state index is -2.72. The predicted molar refractivity (Wildman–Crippen MR) is 82.0 cm³/mol. The summed E-state index contributed by atoms with van der Waals surface area (Å²) in [5, 5.41) is 10.3. The van der Waals surface area contributed by atoms with Gasteiger partial charge in [0.2, 0.25) is 5.89 Å². The number of hydrogen-bond donors (Lipinski definition) is 1. The average molecular weight is 345 g/mol. The Morgan fingerprint density at radius 2 is 2.08 bits per heavy atom. The maximum atomic E-state index is 13.6. The second-order valence-electron chi connectivity index (χ2n) is 5.48. The number of H-pyrrole nitrogens is 1. The Hall–Kier alpha value is -3.17. The number of nitrogens with zero attached hydrogens (tertiary/aromatic N) is 6. The molecule has 128 valence electrons. The molecular formula is C15H13F2N7O. The molecule has 0 aliphatic heterocycles. The summed E-state index contributed by atoms with van der Waals surface area (Å²) in [6, 6.07) is 6.75. The first-order chi connectivity index (χ1) is 12.1. The molecule has 0 bridgehead atoms. The largest absolute Gasteiger partial charge is 0.339 e. The smallest absolute Gasteiger partial charge is 0.320 e. The van der Waals surface area contributed by atoms with Crippen molar-refractivity contribution in [1.29, 1.82) is 0 Å². The topological polar surface area (TPSA) is 98.3 Å². The Balaban J connectivity index is 1.69. The first-order valence-corrected chi connectivity index (χ1v) is 7.55. The number of benzene rings is 1. The second-order valence-corrected chi connectivity index (χ2v) is 5.48. The van der Waals surface area contributed by atoms with Crippen LogP contribution in [0.15, 0.2) is 35.1 Å². The molecule has 8 nitrogen and oxygen atoms in total. The minimum absolute atomic E-state index is 0.184. The van der Waals surface area contributed by atoms with Crippen LogP contribution in [0, 0.1) is 0 Å². The minimum Gasteiger partial charge on any atom is -0.339 e. The lowest BCUT2D eigenvalue weighted by Gasteiger charge is -2.10. The van der Waals surface area contributed by atoms with Crippen LogP contribution in [-0.2, 0) is 6.42 Å². The number of fused-ring (bicyclic) bond motifs is 1. The van der Waals surface area contributed by atoms with E-state index in [9.17, 15) is 8.78 Å². The zero-order valence-electron chi connectivity index (χ0n) is 13.1. The standard InChI is InChI=1S/C15H13F2N7O/c1-8(13-21-12(25-23-13)6-11-18-7-19-22-11)14-20-9-4-2-3-5-10(9)24(14)15(16)17/h2-5,7-8,15H,6H2,1H3,(H,18,19,22). The van der Waals surface area contributed by atoms with Gasteiger partial charge in [0.15, 0.2) is 5.82 Å². The maximum absolute atomic E-state index is 13.6. The molecule has 3 heterocycles. The number of para-hydroxylation sites is 2. The van der Waals surface area contributed by atoms with Gasteiger partial charge in [-0.3, -0.25) is 9.67 Å². The third kappa shape index (κ3) is 2.75. The van der Waals surface area contributed by atoms with Crippen molar-refractivity contribution in [3.05, 3.63) is 54.0 Å². The molecule has 0 spiro atoms. The summed E-state index contributed by atoms with van der Waals surface area (Å²) >= 11 is 0. The third-order valence-electron chi connectivity index (χ3n) is 3.86. The van der Waals surface area contributed by atoms with Gasteiger partial charge < -0.3 is 4.52 Å². The maximum Gasteiger partial charge on any atom is 0.320 e. The highest BCUT2D eigenvalue weighted by Crippen LogP contribution is 2.30. The summed E-state index contributed by atoms with van der Waals surface area (Å²) < 4.78 is 33.2. The fraction of sp³-hybridized carbons (Fsp3) is 0.267. The lowest BCUT2D eigenvalue weighted by molar-refractivity contribution is 0.0708. The van der Waals surface area contributed by atoms with Gasteiger partial charge >= 0.3 is 6.55 Å². The third-order valence-corrected chi connectivity index (χ3v) is 3.86. The predicted octanol–water partition coefficient (Wildman–Crippen LogP) is 2.68. The second kappa shape index (κ2) is 6.04. The van der Waals surface area contributed by atoms with Gasteiger partial charge in [-0.1, -0.05) is 17.3 Å². The molecule has 1 unspecified atom stereocenters. The summed E-state index contributed by atoms with van der Waals surface area (Å²) in [6.07, 6.45) is 1.66. The van der Waals surface area contributed by atoms with Gasteiger partial charge in [-0.05, 0) is 19.1 Å². The van der Waals surface area contributed by atoms with Crippen LogP contribution in [0.5, 0.6) is 0 Å². The van der Waals surface area contributed by atoms with Crippen molar-refractivity contribution in [3.8, 4) is 0 Å². The van der Waals surface area contributed by atoms with Gasteiger partial charge in [0.1, 0.15) is 18.0 Å². The molecule has 0 aliphatic carbocycles. The van der Waals surface area contributed by atoms with Gasteiger partial charge in [-0.15, -0.1) is 0 Å². The Labute approximate surface area is 139 Å². The summed E-state index contributed by atoms with van der Waals surface area (Å²) in [5.74, 6) is 0.796. The number of hydrogen-bond acceptors (Lipinski definition) is 6. The van der Waals surface area contributed by atoms with Crippen LogP contribution in [0.1, 0.15) is 42.8 Å². The van der Waals surface area contributed by atoms with Crippen molar-refractivity contribution in [3.63, 3.8) is 0 Å². The molecule has 25 heavy (non-hydrogen) atoms. The summed E-state index contributed by atoms with van der Waals surface area (Å²) in [5.41, 5.74) is 0.861. The number of imidazole rings is 1. The summed E-state index contributed by atoms with van der Waals surface area (Å²) in [4.78, 5) is 12.6. The lowest BCUT2D eigenvalue weighted by atomic mass is 10.1. The van der Waals surface area contributed by atoms with Crippen LogP contribution in [0.3, 0.4) is 0 Å². The molecular weight excluding hydrogens is 332 g/mol. The summed E-state index contributed by atoms with van der Waals surface area (Å²) in [6.45, 7) is -1.01. The fourth-order valence-electron chi connectivity index (χ4n) is 2.66. The van der Waals surface area contributed by atoms with Crippen molar-refractivity contribution in [2.45, 2.75) is 25.8 Å². The molecule has 1 N–H and O–H groups in total. The van der Waals surface area contributed by atoms with E-state index in [-0.39, 0.29) is 18.1 Å². The zero-order chi connectivity index (χ0) is 17.4. The number of aromatic amines is 1. The van der Waals surface area contributed by atoms with E-state index >= 15 is 0 Å². The van der Waals surface area contributed by atoms with E-state index in [2.05, 4.69) is 30.3 Å². The SMILES string of the molecule is CC(c1noc(Cc2ncn[nH]2)n1)c1nc2ccccc2n1C(F)F. The van der Waals surface area contributed by atoms with Crippen LogP contribution >= 0.6 is 0 Å². The van der Waals surface area contributed by atoms with Crippen molar-refractivity contribution in [1.82, 2.24) is 34.9 Å². The normalized spacial score (nSPS) is 13.0. The number of aromatic nitrogens is 7. The number of alkyl halides is 2. The molecule has 0 radical (unpaired) electrons. The first-order valence-electron chi connectivity index (χ1n) is 7.55. The summed E-state index contributed by atoms with van der Waals surface area (Å²) in [7, 11) is 0. The van der Waals surface area contributed by atoms with E-state index in [4.69, 9.17) is 4.52 Å². The highest BCUT2D eigenvalue weighted by molar-refractivity contribution is 5.76. The van der Waals surface area contributed by atoms with Crippen LogP contribution in [0.4, 0.5) is 8.78 Å². The zero-order valence-corrected chi connectivity index (χ0v) is 13.1. The quantitative estimate of drug-likeness (QED) is 0.597. The molecule has 1 aromatic carbocycles. The molecule has 0 amide bonds. The van der Waals surface area contributed by atoms with Gasteiger partial charge in [0.25, 0.3) is 0 Å². The van der Waals surface area contributed by atoms with Crippen LogP contribution in [0.25, 0.3) is 11.0 Å².